The van der Waals surface area contributed by atoms with Crippen molar-refractivity contribution in [2.24, 2.45) is 0 Å². The van der Waals surface area contributed by atoms with Crippen molar-refractivity contribution >= 4 is 67.6 Å². The Morgan fingerprint density at radius 2 is 1.22 bits per heavy atom. The second-order valence-corrected chi connectivity index (χ2v) is 10.9. The molecule has 0 atom stereocenters. The summed E-state index contributed by atoms with van der Waals surface area (Å²) < 4.78 is 15.4. The Morgan fingerprint density at radius 3 is 2.05 bits per heavy atom. The normalized spacial score (nSPS) is 13.5. The van der Waals surface area contributed by atoms with Crippen molar-refractivity contribution in [1.29, 1.82) is 0 Å². The number of hydrogen-bond acceptors (Lipinski definition) is 3. The lowest BCUT2D eigenvalue weighted by Gasteiger charge is -2.31. The number of para-hydroxylation sites is 3. The Balaban J connectivity index is 1.23. The molecule has 0 bridgehead atoms. The van der Waals surface area contributed by atoms with Gasteiger partial charge in [0.2, 0.25) is 0 Å². The van der Waals surface area contributed by atoms with Gasteiger partial charge < -0.3 is 18.4 Å². The van der Waals surface area contributed by atoms with E-state index in [0.29, 0.717) is 0 Å². The highest BCUT2D eigenvalue weighted by atomic mass is 16.5. The van der Waals surface area contributed by atoms with Gasteiger partial charge in [-0.25, -0.2) is 0 Å². The zero-order valence-corrected chi connectivity index (χ0v) is 21.9. The molecule has 0 saturated carbocycles. The van der Waals surface area contributed by atoms with Gasteiger partial charge in [0.1, 0.15) is 16.9 Å². The van der Waals surface area contributed by atoms with E-state index in [9.17, 15) is 0 Å². The lowest BCUT2D eigenvalue weighted by Crippen LogP contribution is -2.50. The molecule has 190 valence electrons. The molecule has 8 aromatic rings. The summed E-state index contributed by atoms with van der Waals surface area (Å²) in [7, 11) is -0.231. The van der Waals surface area contributed by atoms with Crippen LogP contribution in [0, 0.1) is 0 Å². The topological polar surface area (TPSA) is 30.5 Å². The van der Waals surface area contributed by atoms with Crippen molar-refractivity contribution in [2.45, 2.75) is 0 Å². The molecule has 2 aliphatic rings. The highest BCUT2D eigenvalue weighted by Crippen LogP contribution is 2.50. The average molecular weight is 524 g/mol. The van der Waals surface area contributed by atoms with Gasteiger partial charge in [-0.05, 0) is 53.5 Å². The van der Waals surface area contributed by atoms with E-state index in [1.165, 1.54) is 32.9 Å². The van der Waals surface area contributed by atoms with Crippen LogP contribution in [0.25, 0.3) is 60.6 Å². The van der Waals surface area contributed by atoms with Crippen LogP contribution in [0.1, 0.15) is 0 Å². The Labute approximate surface area is 235 Å². The molecule has 41 heavy (non-hydrogen) atoms. The van der Waals surface area contributed by atoms with Gasteiger partial charge in [-0.1, -0.05) is 78.9 Å². The van der Waals surface area contributed by atoms with Crippen molar-refractivity contribution < 1.29 is 9.07 Å². The minimum atomic E-state index is -0.231. The highest BCUT2D eigenvalue weighted by Gasteiger charge is 2.45. The van der Waals surface area contributed by atoms with Gasteiger partial charge in [-0.3, -0.25) is 0 Å². The number of hydrogen-bond donors (Lipinski definition) is 0. The molecule has 4 nitrogen and oxygen atoms in total. The number of nitrogens with zero attached hydrogens (tertiary/aromatic N) is 2. The molecule has 0 unspecified atom stereocenters. The molecule has 2 aromatic heterocycles. The van der Waals surface area contributed by atoms with Crippen LogP contribution in [0.15, 0.2) is 132 Å². The third-order valence-corrected chi connectivity index (χ3v) is 8.79. The molecule has 0 saturated heterocycles. The van der Waals surface area contributed by atoms with E-state index in [1.54, 1.807) is 0 Å². The number of rotatable bonds is 1. The molecule has 6 aromatic carbocycles. The molecule has 0 amide bonds. The van der Waals surface area contributed by atoms with E-state index in [4.69, 9.17) is 9.07 Å². The number of anilines is 2. The van der Waals surface area contributed by atoms with Crippen LogP contribution in [-0.4, -0.2) is 11.6 Å². The molecule has 0 N–H and O–H groups in total. The molecule has 0 radical (unpaired) electrons. The molecule has 0 aliphatic carbocycles. The maximum Gasteiger partial charge on any atom is 0.524 e. The molecule has 0 spiro atoms. The summed E-state index contributed by atoms with van der Waals surface area (Å²) in [6.45, 7) is 0. The van der Waals surface area contributed by atoms with Gasteiger partial charge in [-0.15, -0.1) is 0 Å². The van der Waals surface area contributed by atoms with Gasteiger partial charge >= 0.3 is 7.05 Å². The van der Waals surface area contributed by atoms with Crippen LogP contribution >= 0.6 is 0 Å². The quantitative estimate of drug-likeness (QED) is 0.202. The van der Waals surface area contributed by atoms with Gasteiger partial charge in [0.05, 0.1) is 16.7 Å². The molecule has 4 heterocycles. The summed E-state index contributed by atoms with van der Waals surface area (Å²) in [5, 5.41) is 4.71. The number of benzene rings is 6. The summed E-state index contributed by atoms with van der Waals surface area (Å²) in [6, 6.07) is 45.2. The van der Waals surface area contributed by atoms with Crippen LogP contribution in [0.5, 0.6) is 5.75 Å². The van der Waals surface area contributed by atoms with Crippen molar-refractivity contribution in [2.75, 3.05) is 4.81 Å². The van der Waals surface area contributed by atoms with E-state index < -0.39 is 0 Å². The van der Waals surface area contributed by atoms with Crippen LogP contribution in [-0.2, 0) is 0 Å². The Kier molecular flexibility index (Phi) is 3.98. The van der Waals surface area contributed by atoms with Crippen molar-refractivity contribution in [3.63, 3.8) is 0 Å². The van der Waals surface area contributed by atoms with E-state index in [1.807, 2.05) is 12.1 Å². The first-order valence-corrected chi connectivity index (χ1v) is 14.0. The largest absolute Gasteiger partial charge is 0.536 e. The molecule has 10 rings (SSSR count). The van der Waals surface area contributed by atoms with Crippen molar-refractivity contribution in [3.8, 4) is 22.6 Å². The maximum atomic E-state index is 6.72. The second kappa shape index (κ2) is 7.61. The molecule has 0 fully saturated rings. The lowest BCUT2D eigenvalue weighted by atomic mass is 9.65. The van der Waals surface area contributed by atoms with E-state index >= 15 is 0 Å². The standard InChI is InChI=1S/C36H21BN2O2/c1-5-13-29-23(9-1)27-19-22(38-30-14-6-2-10-24(30)25-11-3-7-15-31(25)38)17-18-32(27)39-33-21-35-28(20-36(33)41-37(29)39)26-12-4-8-16-34(26)40-35/h1-21H. The number of furan rings is 1. The molecule has 5 heteroatoms. The minimum absolute atomic E-state index is 0.231. The first-order chi connectivity index (χ1) is 20.3. The van der Waals surface area contributed by atoms with E-state index in [0.717, 1.165) is 50.2 Å². The van der Waals surface area contributed by atoms with Crippen molar-refractivity contribution in [1.82, 2.24) is 4.57 Å². The van der Waals surface area contributed by atoms with E-state index in [2.05, 4.69) is 125 Å². The second-order valence-electron chi connectivity index (χ2n) is 10.9. The monoisotopic (exact) mass is 524 g/mol. The first kappa shape index (κ1) is 21.4. The summed E-state index contributed by atoms with van der Waals surface area (Å²) in [5.74, 6) is 0.878. The SMILES string of the molecule is c1ccc2c(c1)B1Oc3cc4c(cc3N1c1ccc(-n3c5ccccc5c5ccccc53)cc1-2)oc1ccccc14. The number of fused-ring (bicyclic) bond motifs is 14. The van der Waals surface area contributed by atoms with Crippen LogP contribution in [0.2, 0.25) is 0 Å². The minimum Gasteiger partial charge on any atom is -0.536 e. The lowest BCUT2D eigenvalue weighted by molar-refractivity contribution is 0.603. The van der Waals surface area contributed by atoms with Crippen LogP contribution in [0.3, 0.4) is 0 Å². The smallest absolute Gasteiger partial charge is 0.524 e. The third kappa shape index (κ3) is 2.75. The Bertz CT molecular complexity index is 2330. The zero-order chi connectivity index (χ0) is 26.7. The fourth-order valence-corrected chi connectivity index (χ4v) is 7.03. The summed E-state index contributed by atoms with van der Waals surface area (Å²) >= 11 is 0. The predicted octanol–water partition coefficient (Wildman–Crippen LogP) is 8.59. The Morgan fingerprint density at radius 1 is 0.512 bits per heavy atom. The molecular weight excluding hydrogens is 503 g/mol. The summed E-state index contributed by atoms with van der Waals surface area (Å²) in [5.41, 5.74) is 11.0. The molecule has 2 aliphatic heterocycles. The van der Waals surface area contributed by atoms with E-state index in [-0.39, 0.29) is 7.05 Å². The fraction of sp³-hybridized carbons (Fsp3) is 0. The fourth-order valence-electron chi connectivity index (χ4n) is 7.03. The van der Waals surface area contributed by atoms with Gasteiger partial charge in [0.25, 0.3) is 0 Å². The number of aromatic nitrogens is 1. The van der Waals surface area contributed by atoms with Gasteiger partial charge in [0.15, 0.2) is 0 Å². The van der Waals surface area contributed by atoms with Gasteiger partial charge in [0, 0.05) is 44.5 Å². The maximum absolute atomic E-state index is 6.72. The summed E-state index contributed by atoms with van der Waals surface area (Å²) in [6.07, 6.45) is 0. The summed E-state index contributed by atoms with van der Waals surface area (Å²) in [4.78, 5) is 2.33. The Hall–Kier alpha value is -5.42. The zero-order valence-electron chi connectivity index (χ0n) is 21.9. The predicted molar refractivity (Wildman–Crippen MR) is 168 cm³/mol. The van der Waals surface area contributed by atoms with Crippen LogP contribution in [0.4, 0.5) is 11.4 Å². The highest BCUT2D eigenvalue weighted by molar-refractivity contribution is 6.77. The third-order valence-electron chi connectivity index (χ3n) is 8.79. The van der Waals surface area contributed by atoms with Crippen molar-refractivity contribution in [3.05, 3.63) is 127 Å². The first-order valence-electron chi connectivity index (χ1n) is 14.0. The molecular formula is C36H21BN2O2. The van der Waals surface area contributed by atoms with Gasteiger partial charge in [-0.2, -0.15) is 0 Å². The van der Waals surface area contributed by atoms with Crippen LogP contribution < -0.4 is 14.9 Å². The average Bonchev–Trinajstić information content (AvgIpc) is 3.69.